The van der Waals surface area contributed by atoms with Crippen LogP contribution >= 0.6 is 11.8 Å². The van der Waals surface area contributed by atoms with Crippen LogP contribution in [0, 0.1) is 12.7 Å². The molecule has 1 aromatic carbocycles. The zero-order valence-corrected chi connectivity index (χ0v) is 14.5. The Morgan fingerprint density at radius 1 is 1.12 bits per heavy atom. The number of piperazine rings is 1. The number of carbonyl (C=O) groups excluding carboxylic acids is 1. The van der Waals surface area contributed by atoms with E-state index in [1.807, 2.05) is 18.1 Å². The molecule has 7 heteroatoms. The van der Waals surface area contributed by atoms with E-state index in [4.69, 9.17) is 0 Å². The number of thioether (sulfide) groups is 1. The van der Waals surface area contributed by atoms with E-state index in [1.54, 1.807) is 18.2 Å². The maximum absolute atomic E-state index is 13.0. The summed E-state index contributed by atoms with van der Waals surface area (Å²) < 4.78 is 13.0. The second kappa shape index (κ2) is 7.17. The van der Waals surface area contributed by atoms with Crippen molar-refractivity contribution in [2.45, 2.75) is 12.1 Å². The molecule has 0 spiro atoms. The quantitative estimate of drug-likeness (QED) is 0.632. The normalized spacial score (nSPS) is 14.8. The van der Waals surface area contributed by atoms with E-state index in [9.17, 15) is 9.18 Å². The molecule has 0 radical (unpaired) electrons. The fourth-order valence-corrected chi connectivity index (χ4v) is 3.15. The molecule has 1 saturated heterocycles. The maximum Gasteiger partial charge on any atom is 0.272 e. The molecule has 2 heterocycles. The molecule has 1 fully saturated rings. The zero-order valence-electron chi connectivity index (χ0n) is 13.7. The lowest BCUT2D eigenvalue weighted by atomic mass is 10.2. The number of aryl methyl sites for hydroxylation is 1. The monoisotopic (exact) mass is 346 g/mol. The van der Waals surface area contributed by atoms with E-state index in [-0.39, 0.29) is 11.7 Å². The van der Waals surface area contributed by atoms with Crippen LogP contribution in [0.2, 0.25) is 0 Å². The van der Waals surface area contributed by atoms with Crippen LogP contribution in [0.15, 0.2) is 35.5 Å². The Labute approximate surface area is 144 Å². The minimum atomic E-state index is -0.240. The molecule has 1 aromatic heterocycles. The fourth-order valence-electron chi connectivity index (χ4n) is 2.72. The van der Waals surface area contributed by atoms with E-state index < -0.39 is 0 Å². The van der Waals surface area contributed by atoms with Gasteiger partial charge in [-0.25, -0.2) is 14.4 Å². The highest BCUT2D eigenvalue weighted by atomic mass is 32.2. The number of hydrogen-bond acceptors (Lipinski definition) is 5. The van der Waals surface area contributed by atoms with Gasteiger partial charge in [-0.1, -0.05) is 11.8 Å². The summed E-state index contributed by atoms with van der Waals surface area (Å²) >= 11 is 1.43. The Morgan fingerprint density at radius 3 is 2.42 bits per heavy atom. The first kappa shape index (κ1) is 16.7. The molecule has 2 aromatic rings. The van der Waals surface area contributed by atoms with Gasteiger partial charge in [0.2, 0.25) is 0 Å². The van der Waals surface area contributed by atoms with E-state index in [1.165, 1.54) is 23.9 Å². The molecule has 0 atom stereocenters. The highest BCUT2D eigenvalue weighted by Crippen LogP contribution is 2.18. The van der Waals surface area contributed by atoms with Gasteiger partial charge >= 0.3 is 0 Å². The van der Waals surface area contributed by atoms with Crippen LogP contribution in [0.4, 0.5) is 10.1 Å². The average Bonchev–Trinajstić information content (AvgIpc) is 2.61. The predicted octanol–water partition coefficient (Wildman–Crippen LogP) is 2.61. The van der Waals surface area contributed by atoms with E-state index in [2.05, 4.69) is 14.9 Å². The summed E-state index contributed by atoms with van der Waals surface area (Å²) in [5.74, 6) is -0.300. The predicted molar refractivity (Wildman–Crippen MR) is 93.1 cm³/mol. The number of aromatic nitrogens is 2. The Hall–Kier alpha value is -2.15. The van der Waals surface area contributed by atoms with Crippen LogP contribution in [0.5, 0.6) is 0 Å². The summed E-state index contributed by atoms with van der Waals surface area (Å²) in [5, 5.41) is 0.614. The highest BCUT2D eigenvalue weighted by Gasteiger charge is 2.23. The molecule has 1 amide bonds. The second-order valence-electron chi connectivity index (χ2n) is 5.64. The number of nitrogens with zero attached hydrogens (tertiary/aromatic N) is 4. The van der Waals surface area contributed by atoms with Crippen molar-refractivity contribution in [3.63, 3.8) is 0 Å². The van der Waals surface area contributed by atoms with E-state index in [0.29, 0.717) is 23.9 Å². The van der Waals surface area contributed by atoms with Crippen molar-refractivity contribution in [2.75, 3.05) is 37.3 Å². The molecule has 5 nitrogen and oxygen atoms in total. The summed E-state index contributed by atoms with van der Waals surface area (Å²) in [4.78, 5) is 25.2. The van der Waals surface area contributed by atoms with Crippen molar-refractivity contribution < 1.29 is 9.18 Å². The van der Waals surface area contributed by atoms with Gasteiger partial charge in [-0.05, 0) is 43.5 Å². The molecule has 0 aliphatic carbocycles. The molecule has 0 bridgehead atoms. The minimum absolute atomic E-state index is 0.0606. The van der Waals surface area contributed by atoms with Crippen molar-refractivity contribution in [2.24, 2.45) is 0 Å². The van der Waals surface area contributed by atoms with Crippen LogP contribution in [-0.4, -0.2) is 53.2 Å². The van der Waals surface area contributed by atoms with Crippen molar-refractivity contribution in [1.82, 2.24) is 14.9 Å². The smallest absolute Gasteiger partial charge is 0.272 e. The molecular formula is C17H19FN4OS. The van der Waals surface area contributed by atoms with Gasteiger partial charge in [-0.3, -0.25) is 4.79 Å². The molecule has 0 N–H and O–H groups in total. The van der Waals surface area contributed by atoms with Crippen molar-refractivity contribution >= 4 is 23.4 Å². The van der Waals surface area contributed by atoms with Crippen LogP contribution in [0.3, 0.4) is 0 Å². The lowest BCUT2D eigenvalue weighted by molar-refractivity contribution is 0.0739. The van der Waals surface area contributed by atoms with Crippen LogP contribution in [0.1, 0.15) is 16.2 Å². The number of amides is 1. The van der Waals surface area contributed by atoms with Gasteiger partial charge in [0.1, 0.15) is 11.5 Å². The van der Waals surface area contributed by atoms with Gasteiger partial charge in [0.15, 0.2) is 5.16 Å². The van der Waals surface area contributed by atoms with Crippen molar-refractivity contribution in [3.05, 3.63) is 47.5 Å². The Balaban J connectivity index is 1.67. The van der Waals surface area contributed by atoms with Crippen LogP contribution in [-0.2, 0) is 0 Å². The van der Waals surface area contributed by atoms with E-state index in [0.717, 1.165) is 24.5 Å². The third kappa shape index (κ3) is 3.67. The number of rotatable bonds is 3. The van der Waals surface area contributed by atoms with Crippen LogP contribution in [0.25, 0.3) is 0 Å². The SMILES string of the molecule is CSc1nc(C)cc(C(=O)N2CCN(c3ccc(F)cc3)CC2)n1. The first-order valence-corrected chi connectivity index (χ1v) is 8.99. The molecule has 24 heavy (non-hydrogen) atoms. The topological polar surface area (TPSA) is 49.3 Å². The van der Waals surface area contributed by atoms with Crippen LogP contribution < -0.4 is 4.90 Å². The fraction of sp³-hybridized carbons (Fsp3) is 0.353. The largest absolute Gasteiger partial charge is 0.368 e. The Bertz CT molecular complexity index is 730. The Morgan fingerprint density at radius 2 is 1.79 bits per heavy atom. The van der Waals surface area contributed by atoms with Gasteiger partial charge < -0.3 is 9.80 Å². The number of hydrogen-bond donors (Lipinski definition) is 0. The van der Waals surface area contributed by atoms with E-state index >= 15 is 0 Å². The van der Waals surface area contributed by atoms with Gasteiger partial charge in [0.25, 0.3) is 5.91 Å². The molecule has 1 aliphatic rings. The third-order valence-electron chi connectivity index (χ3n) is 3.99. The maximum atomic E-state index is 13.0. The van der Waals surface area contributed by atoms with Gasteiger partial charge in [-0.15, -0.1) is 0 Å². The summed E-state index contributed by atoms with van der Waals surface area (Å²) in [6.07, 6.45) is 1.89. The number of halogens is 1. The van der Waals surface area contributed by atoms with Gasteiger partial charge in [-0.2, -0.15) is 0 Å². The van der Waals surface area contributed by atoms with Gasteiger partial charge in [0.05, 0.1) is 0 Å². The Kier molecular flexibility index (Phi) is 4.99. The van der Waals surface area contributed by atoms with Gasteiger partial charge in [0, 0.05) is 37.6 Å². The summed E-state index contributed by atoms with van der Waals surface area (Å²) in [6.45, 7) is 4.54. The molecule has 0 unspecified atom stereocenters. The average molecular weight is 346 g/mol. The molecule has 1 aliphatic heterocycles. The lowest BCUT2D eigenvalue weighted by Crippen LogP contribution is -2.49. The number of benzene rings is 1. The third-order valence-corrected chi connectivity index (χ3v) is 4.54. The highest BCUT2D eigenvalue weighted by molar-refractivity contribution is 7.98. The lowest BCUT2D eigenvalue weighted by Gasteiger charge is -2.36. The first-order valence-electron chi connectivity index (χ1n) is 7.76. The minimum Gasteiger partial charge on any atom is -0.368 e. The van der Waals surface area contributed by atoms with Crippen molar-refractivity contribution in [1.29, 1.82) is 0 Å². The zero-order chi connectivity index (χ0) is 17.1. The molecule has 0 saturated carbocycles. The number of anilines is 1. The second-order valence-corrected chi connectivity index (χ2v) is 6.41. The summed E-state index contributed by atoms with van der Waals surface area (Å²) in [5.41, 5.74) is 2.22. The standard InChI is InChI=1S/C17H19FN4OS/c1-12-11-15(20-17(19-12)24-2)16(23)22-9-7-21(8-10-22)14-5-3-13(18)4-6-14/h3-6,11H,7-10H2,1-2H3. The number of carbonyl (C=O) groups is 1. The molecule has 3 rings (SSSR count). The summed E-state index contributed by atoms with van der Waals surface area (Å²) in [6, 6.07) is 8.19. The van der Waals surface area contributed by atoms with Crippen molar-refractivity contribution in [3.8, 4) is 0 Å². The first-order chi connectivity index (χ1) is 11.6. The summed E-state index contributed by atoms with van der Waals surface area (Å²) in [7, 11) is 0. The molecular weight excluding hydrogens is 327 g/mol. The molecule has 126 valence electrons.